The first-order valence-corrected chi connectivity index (χ1v) is 8.36. The molecule has 0 bridgehead atoms. The van der Waals surface area contributed by atoms with Crippen LogP contribution in [0.25, 0.3) is 0 Å². The lowest BCUT2D eigenvalue weighted by molar-refractivity contribution is 0.0597. The summed E-state index contributed by atoms with van der Waals surface area (Å²) in [5, 5.41) is 0. The molecule has 20 heavy (non-hydrogen) atoms. The van der Waals surface area contributed by atoms with Crippen LogP contribution in [0.3, 0.4) is 0 Å². The molecular weight excluding hydrogens is 278 g/mol. The summed E-state index contributed by atoms with van der Waals surface area (Å²) >= 11 is 0. The molecule has 1 unspecified atom stereocenters. The minimum Gasteiger partial charge on any atom is -0.465 e. The number of hydrogen-bond acceptors (Lipinski definition) is 5. The standard InChI is InChI=1S/C14H19NO4S/c1-11-10-20(17,18)8-7-15(11)9-12-5-3-4-6-13(12)14(16)19-2/h3-6,11H,7-10H2,1-2H3. The van der Waals surface area contributed by atoms with Crippen molar-refractivity contribution in [2.45, 2.75) is 19.5 Å². The van der Waals surface area contributed by atoms with Crippen LogP contribution in [0, 0.1) is 0 Å². The average molecular weight is 297 g/mol. The average Bonchev–Trinajstić information content (AvgIpc) is 2.41. The molecule has 0 radical (unpaired) electrons. The van der Waals surface area contributed by atoms with Gasteiger partial charge in [0.2, 0.25) is 0 Å². The van der Waals surface area contributed by atoms with E-state index in [4.69, 9.17) is 4.74 Å². The molecule has 1 saturated heterocycles. The lowest BCUT2D eigenvalue weighted by atomic mass is 10.1. The quantitative estimate of drug-likeness (QED) is 0.782. The number of carbonyl (C=O) groups is 1. The predicted molar refractivity (Wildman–Crippen MR) is 76.3 cm³/mol. The molecule has 1 aliphatic heterocycles. The van der Waals surface area contributed by atoms with E-state index in [1.165, 1.54) is 7.11 Å². The Bertz CT molecular complexity index is 597. The SMILES string of the molecule is COC(=O)c1ccccc1CN1CCS(=O)(=O)CC1C. The second-order valence-corrected chi connectivity index (χ2v) is 7.31. The number of sulfone groups is 1. The Kier molecular flexibility index (Phi) is 4.45. The highest BCUT2D eigenvalue weighted by Crippen LogP contribution is 2.18. The smallest absolute Gasteiger partial charge is 0.338 e. The third-order valence-electron chi connectivity index (χ3n) is 3.60. The van der Waals surface area contributed by atoms with Crippen LogP contribution in [0.1, 0.15) is 22.8 Å². The van der Waals surface area contributed by atoms with E-state index in [1.54, 1.807) is 12.1 Å². The molecule has 0 amide bonds. The van der Waals surface area contributed by atoms with Crippen molar-refractivity contribution in [1.82, 2.24) is 4.90 Å². The predicted octanol–water partition coefficient (Wildman–Crippen LogP) is 1.09. The number of methoxy groups -OCH3 is 1. The Balaban J connectivity index is 2.17. The van der Waals surface area contributed by atoms with Crippen LogP contribution in [0.2, 0.25) is 0 Å². The highest BCUT2D eigenvalue weighted by atomic mass is 32.2. The van der Waals surface area contributed by atoms with E-state index >= 15 is 0 Å². The number of rotatable bonds is 3. The van der Waals surface area contributed by atoms with Crippen molar-refractivity contribution < 1.29 is 17.9 Å². The zero-order chi connectivity index (χ0) is 14.8. The zero-order valence-electron chi connectivity index (χ0n) is 11.7. The summed E-state index contributed by atoms with van der Waals surface area (Å²) in [6.45, 7) is 2.96. The minimum absolute atomic E-state index is 0.0422. The zero-order valence-corrected chi connectivity index (χ0v) is 12.5. The van der Waals surface area contributed by atoms with Crippen LogP contribution >= 0.6 is 0 Å². The Labute approximate surface area is 119 Å². The number of carbonyl (C=O) groups excluding carboxylic acids is 1. The van der Waals surface area contributed by atoms with Gasteiger partial charge in [0.25, 0.3) is 0 Å². The first-order chi connectivity index (χ1) is 9.43. The molecule has 1 fully saturated rings. The third kappa shape index (κ3) is 3.37. The van der Waals surface area contributed by atoms with E-state index in [0.29, 0.717) is 18.7 Å². The van der Waals surface area contributed by atoms with Crippen molar-refractivity contribution >= 4 is 15.8 Å². The van der Waals surface area contributed by atoms with Gasteiger partial charge in [-0.25, -0.2) is 13.2 Å². The van der Waals surface area contributed by atoms with Crippen molar-refractivity contribution in [2.24, 2.45) is 0 Å². The maximum Gasteiger partial charge on any atom is 0.338 e. The molecule has 1 aliphatic rings. The van der Waals surface area contributed by atoms with Gasteiger partial charge in [-0.15, -0.1) is 0 Å². The third-order valence-corrected chi connectivity index (χ3v) is 5.40. The van der Waals surface area contributed by atoms with Gasteiger partial charge in [-0.2, -0.15) is 0 Å². The van der Waals surface area contributed by atoms with Gasteiger partial charge >= 0.3 is 5.97 Å². The van der Waals surface area contributed by atoms with Crippen molar-refractivity contribution in [2.75, 3.05) is 25.2 Å². The first-order valence-electron chi connectivity index (χ1n) is 6.53. The number of hydrogen-bond donors (Lipinski definition) is 0. The topological polar surface area (TPSA) is 63.7 Å². The maximum atomic E-state index is 11.7. The highest BCUT2D eigenvalue weighted by molar-refractivity contribution is 7.91. The van der Waals surface area contributed by atoms with Gasteiger partial charge in [-0.3, -0.25) is 4.90 Å². The fourth-order valence-corrected chi connectivity index (χ4v) is 4.08. The monoisotopic (exact) mass is 297 g/mol. The molecular formula is C14H19NO4S. The summed E-state index contributed by atoms with van der Waals surface area (Å²) in [7, 11) is -1.57. The van der Waals surface area contributed by atoms with Crippen molar-refractivity contribution in [3.05, 3.63) is 35.4 Å². The summed E-state index contributed by atoms with van der Waals surface area (Å²) in [6, 6.07) is 7.22. The molecule has 0 aliphatic carbocycles. The van der Waals surface area contributed by atoms with E-state index in [-0.39, 0.29) is 23.5 Å². The Morgan fingerprint density at radius 1 is 1.40 bits per heavy atom. The highest BCUT2D eigenvalue weighted by Gasteiger charge is 2.28. The molecule has 1 aromatic rings. The van der Waals surface area contributed by atoms with Crippen LogP contribution in [0.5, 0.6) is 0 Å². The van der Waals surface area contributed by atoms with Crippen molar-refractivity contribution in [1.29, 1.82) is 0 Å². The van der Waals surface area contributed by atoms with E-state index in [9.17, 15) is 13.2 Å². The first kappa shape index (κ1) is 15.0. The molecule has 0 saturated carbocycles. The van der Waals surface area contributed by atoms with Crippen LogP contribution in [-0.4, -0.2) is 50.5 Å². The van der Waals surface area contributed by atoms with E-state index < -0.39 is 9.84 Å². The molecule has 0 spiro atoms. The Morgan fingerprint density at radius 2 is 2.10 bits per heavy atom. The second kappa shape index (κ2) is 5.93. The molecule has 1 atom stereocenters. The number of nitrogens with zero attached hydrogens (tertiary/aromatic N) is 1. The van der Waals surface area contributed by atoms with E-state index in [2.05, 4.69) is 4.90 Å². The van der Waals surface area contributed by atoms with E-state index in [1.807, 2.05) is 19.1 Å². The molecule has 1 heterocycles. The van der Waals surface area contributed by atoms with Crippen molar-refractivity contribution in [3.8, 4) is 0 Å². The number of esters is 1. The second-order valence-electron chi connectivity index (χ2n) is 5.08. The van der Waals surface area contributed by atoms with Gasteiger partial charge in [0.15, 0.2) is 9.84 Å². The van der Waals surface area contributed by atoms with Crippen LogP contribution in [-0.2, 0) is 21.1 Å². The fraction of sp³-hybridized carbons (Fsp3) is 0.500. The number of ether oxygens (including phenoxy) is 1. The number of benzene rings is 1. The molecule has 6 heteroatoms. The van der Waals surface area contributed by atoms with Crippen LogP contribution in [0.4, 0.5) is 0 Å². The molecule has 1 aromatic carbocycles. The molecule has 0 N–H and O–H groups in total. The summed E-state index contributed by atoms with van der Waals surface area (Å²) in [6.07, 6.45) is 0. The van der Waals surface area contributed by atoms with Gasteiger partial charge in [-0.05, 0) is 18.6 Å². The van der Waals surface area contributed by atoms with Gasteiger partial charge in [0, 0.05) is 19.1 Å². The molecule has 110 valence electrons. The molecule has 5 nitrogen and oxygen atoms in total. The molecule has 2 rings (SSSR count). The lowest BCUT2D eigenvalue weighted by Gasteiger charge is -2.33. The largest absolute Gasteiger partial charge is 0.465 e. The van der Waals surface area contributed by atoms with Gasteiger partial charge < -0.3 is 4.74 Å². The van der Waals surface area contributed by atoms with Crippen LogP contribution in [0.15, 0.2) is 24.3 Å². The summed E-state index contributed by atoms with van der Waals surface area (Å²) in [5.41, 5.74) is 1.40. The summed E-state index contributed by atoms with van der Waals surface area (Å²) in [4.78, 5) is 13.8. The lowest BCUT2D eigenvalue weighted by Crippen LogP contribution is -2.46. The normalized spacial score (nSPS) is 22.4. The molecule has 0 aromatic heterocycles. The van der Waals surface area contributed by atoms with Gasteiger partial charge in [0.1, 0.15) is 0 Å². The fourth-order valence-electron chi connectivity index (χ4n) is 2.45. The van der Waals surface area contributed by atoms with Gasteiger partial charge in [-0.1, -0.05) is 18.2 Å². The minimum atomic E-state index is -2.92. The Hall–Kier alpha value is -1.40. The van der Waals surface area contributed by atoms with Crippen LogP contribution < -0.4 is 0 Å². The summed E-state index contributed by atoms with van der Waals surface area (Å²) in [5.74, 6) is -0.0108. The van der Waals surface area contributed by atoms with E-state index in [0.717, 1.165) is 5.56 Å². The maximum absolute atomic E-state index is 11.7. The van der Waals surface area contributed by atoms with Gasteiger partial charge in [0.05, 0.1) is 24.2 Å². The summed E-state index contributed by atoms with van der Waals surface area (Å²) < 4.78 is 27.9. The van der Waals surface area contributed by atoms with Crippen molar-refractivity contribution in [3.63, 3.8) is 0 Å². The Morgan fingerprint density at radius 3 is 2.75 bits per heavy atom.